The number of hydrogen-bond donors (Lipinski definition) is 3. The van der Waals surface area contributed by atoms with Crippen molar-refractivity contribution < 1.29 is 9.18 Å². The van der Waals surface area contributed by atoms with Gasteiger partial charge in [0.2, 0.25) is 5.95 Å². The molecule has 40 heavy (non-hydrogen) atoms. The summed E-state index contributed by atoms with van der Waals surface area (Å²) in [5.74, 6) is -0.141. The van der Waals surface area contributed by atoms with Gasteiger partial charge in [-0.25, -0.2) is 14.4 Å². The van der Waals surface area contributed by atoms with Crippen LogP contribution in [0.25, 0.3) is 11.3 Å². The van der Waals surface area contributed by atoms with E-state index in [2.05, 4.69) is 20.9 Å². The second-order valence-corrected chi connectivity index (χ2v) is 9.80. The molecule has 10 heteroatoms. The van der Waals surface area contributed by atoms with Gasteiger partial charge in [-0.05, 0) is 55.6 Å². The number of fused-ring (bicyclic) bond motifs is 3. The first-order valence-electron chi connectivity index (χ1n) is 12.8. The van der Waals surface area contributed by atoms with Gasteiger partial charge in [0.25, 0.3) is 5.91 Å². The van der Waals surface area contributed by atoms with Gasteiger partial charge in [0.05, 0.1) is 23.5 Å². The van der Waals surface area contributed by atoms with Crippen LogP contribution in [0.5, 0.6) is 0 Å². The molecule has 0 aliphatic carbocycles. The molecule has 0 radical (unpaired) electrons. The Labute approximate surface area is 237 Å². The van der Waals surface area contributed by atoms with Crippen molar-refractivity contribution in [2.75, 3.05) is 44.4 Å². The molecule has 0 unspecified atom stereocenters. The molecule has 0 saturated heterocycles. The molecular weight excluding hydrogens is 529 g/mol. The highest BCUT2D eigenvalue weighted by atomic mass is 35.5. The van der Waals surface area contributed by atoms with Gasteiger partial charge in [0.1, 0.15) is 5.82 Å². The summed E-state index contributed by atoms with van der Waals surface area (Å²) in [6, 6.07) is 17.6. The highest BCUT2D eigenvalue weighted by Crippen LogP contribution is 2.36. The molecule has 2 heterocycles. The van der Waals surface area contributed by atoms with E-state index in [9.17, 15) is 4.79 Å². The van der Waals surface area contributed by atoms with E-state index < -0.39 is 0 Å². The third-order valence-electron chi connectivity index (χ3n) is 6.73. The first-order valence-corrected chi connectivity index (χ1v) is 13.2. The Morgan fingerprint density at radius 2 is 1.88 bits per heavy atom. The van der Waals surface area contributed by atoms with E-state index in [1.54, 1.807) is 55.7 Å². The van der Waals surface area contributed by atoms with Crippen LogP contribution in [0, 0.1) is 5.82 Å². The van der Waals surface area contributed by atoms with Crippen molar-refractivity contribution in [3.05, 3.63) is 100.0 Å². The maximum Gasteiger partial charge on any atom is 0.251 e. The lowest BCUT2D eigenvalue weighted by Crippen LogP contribution is -2.29. The molecule has 3 aromatic carbocycles. The standard InChI is InChI=1S/C30H29ClFN7O/c1-33-13-14-39(3)25-6-4-5-24(32)26(25)28-23-15-20(31)9-12-22(23)27-19(16-35-28)17-36-30(38-27)37-21-10-7-18(8-11-21)29(40)34-2/h4-12,15,17,33H,13-14,16H2,1-3H3,(H,34,40)(H,36,37,38). The van der Waals surface area contributed by atoms with Crippen LogP contribution in [0.4, 0.5) is 21.7 Å². The number of amides is 1. The number of aromatic nitrogens is 2. The van der Waals surface area contributed by atoms with Crippen LogP contribution in [0.1, 0.15) is 27.0 Å². The van der Waals surface area contributed by atoms with Gasteiger partial charge < -0.3 is 20.9 Å². The molecule has 0 bridgehead atoms. The van der Waals surface area contributed by atoms with Gasteiger partial charge in [-0.3, -0.25) is 9.79 Å². The lowest BCUT2D eigenvalue weighted by molar-refractivity contribution is 0.0963. The fourth-order valence-corrected chi connectivity index (χ4v) is 4.81. The molecule has 5 rings (SSSR count). The van der Waals surface area contributed by atoms with Crippen LogP contribution in [0.15, 0.2) is 71.9 Å². The number of nitrogens with zero attached hydrogens (tertiary/aromatic N) is 4. The smallest absolute Gasteiger partial charge is 0.251 e. The fourth-order valence-electron chi connectivity index (χ4n) is 4.64. The second kappa shape index (κ2) is 11.8. The van der Waals surface area contributed by atoms with Gasteiger partial charge in [-0.2, -0.15) is 0 Å². The number of likely N-dealkylation sites (N-methyl/N-ethyl adjacent to an activating group) is 2. The van der Waals surface area contributed by atoms with Crippen molar-refractivity contribution >= 4 is 40.5 Å². The summed E-state index contributed by atoms with van der Waals surface area (Å²) < 4.78 is 15.6. The minimum atomic E-state index is -0.363. The molecule has 4 aromatic rings. The Bertz CT molecular complexity index is 1590. The van der Waals surface area contributed by atoms with E-state index in [1.165, 1.54) is 6.07 Å². The monoisotopic (exact) mass is 557 g/mol. The van der Waals surface area contributed by atoms with E-state index in [-0.39, 0.29) is 18.3 Å². The van der Waals surface area contributed by atoms with Crippen molar-refractivity contribution in [1.29, 1.82) is 0 Å². The van der Waals surface area contributed by atoms with Gasteiger partial charge in [0, 0.05) is 72.0 Å². The number of hydrogen-bond acceptors (Lipinski definition) is 7. The number of nitrogens with one attached hydrogen (secondary N) is 3. The van der Waals surface area contributed by atoms with E-state index in [0.717, 1.165) is 29.0 Å². The molecule has 8 nitrogen and oxygen atoms in total. The Balaban J connectivity index is 1.56. The normalized spacial score (nSPS) is 12.1. The maximum absolute atomic E-state index is 15.6. The average Bonchev–Trinajstić information content (AvgIpc) is 3.12. The van der Waals surface area contributed by atoms with Crippen molar-refractivity contribution in [2.24, 2.45) is 4.99 Å². The topological polar surface area (TPSA) is 94.5 Å². The van der Waals surface area contributed by atoms with Crippen molar-refractivity contribution in [3.63, 3.8) is 0 Å². The molecule has 1 aliphatic rings. The number of benzene rings is 3. The molecule has 1 aliphatic heterocycles. The predicted octanol–water partition coefficient (Wildman–Crippen LogP) is 5.05. The number of aliphatic imine (C=N–C) groups is 1. The van der Waals surface area contributed by atoms with Crippen molar-refractivity contribution in [1.82, 2.24) is 20.6 Å². The second-order valence-electron chi connectivity index (χ2n) is 9.36. The molecule has 0 atom stereocenters. The number of carbonyl (C=O) groups excluding carboxylic acids is 1. The predicted molar refractivity (Wildman–Crippen MR) is 159 cm³/mol. The highest BCUT2D eigenvalue weighted by molar-refractivity contribution is 6.32. The van der Waals surface area contributed by atoms with E-state index in [1.807, 2.05) is 31.1 Å². The zero-order chi connectivity index (χ0) is 28.2. The van der Waals surface area contributed by atoms with E-state index >= 15 is 4.39 Å². The number of carbonyl (C=O) groups is 1. The zero-order valence-electron chi connectivity index (χ0n) is 22.4. The maximum atomic E-state index is 15.6. The number of anilines is 3. The largest absolute Gasteiger partial charge is 0.373 e. The summed E-state index contributed by atoms with van der Waals surface area (Å²) in [6.45, 7) is 1.70. The molecule has 1 amide bonds. The molecule has 204 valence electrons. The SMILES string of the molecule is CNCCN(C)c1cccc(F)c1C1=NCc2cnc(Nc3ccc(C(=O)NC)cc3)nc2-c2ccc(Cl)cc21. The molecule has 0 saturated carbocycles. The fraction of sp³-hybridized carbons (Fsp3) is 0.200. The summed E-state index contributed by atoms with van der Waals surface area (Å²) in [5, 5.41) is 9.47. The number of halogens is 2. The molecule has 1 aromatic heterocycles. The van der Waals surface area contributed by atoms with E-state index in [0.29, 0.717) is 45.6 Å². The van der Waals surface area contributed by atoms with Crippen LogP contribution in [-0.2, 0) is 6.54 Å². The van der Waals surface area contributed by atoms with Gasteiger partial charge in [0.15, 0.2) is 0 Å². The Morgan fingerprint density at radius 3 is 2.62 bits per heavy atom. The first-order chi connectivity index (χ1) is 19.4. The quantitative estimate of drug-likeness (QED) is 0.281. The summed E-state index contributed by atoms with van der Waals surface area (Å²) in [6.07, 6.45) is 1.73. The minimum Gasteiger partial charge on any atom is -0.373 e. The van der Waals surface area contributed by atoms with E-state index in [4.69, 9.17) is 21.6 Å². The third kappa shape index (κ3) is 5.52. The van der Waals surface area contributed by atoms with Crippen LogP contribution >= 0.6 is 11.6 Å². The third-order valence-corrected chi connectivity index (χ3v) is 6.97. The van der Waals surface area contributed by atoms with Crippen molar-refractivity contribution in [3.8, 4) is 11.3 Å². The van der Waals surface area contributed by atoms with Gasteiger partial charge in [-0.1, -0.05) is 23.7 Å². The highest BCUT2D eigenvalue weighted by Gasteiger charge is 2.26. The Morgan fingerprint density at radius 1 is 1.07 bits per heavy atom. The first kappa shape index (κ1) is 27.2. The van der Waals surface area contributed by atoms with Crippen LogP contribution in [0.3, 0.4) is 0 Å². The molecular formula is C30H29ClFN7O. The van der Waals surface area contributed by atoms with Crippen LogP contribution < -0.4 is 20.9 Å². The molecule has 3 N–H and O–H groups in total. The Kier molecular flexibility index (Phi) is 8.04. The summed E-state index contributed by atoms with van der Waals surface area (Å²) in [7, 11) is 5.41. The number of rotatable bonds is 8. The molecule has 0 fully saturated rings. The average molecular weight is 558 g/mol. The Hall–Kier alpha value is -4.34. The minimum absolute atomic E-state index is 0.162. The lowest BCUT2D eigenvalue weighted by atomic mass is 9.94. The lowest BCUT2D eigenvalue weighted by Gasteiger charge is -2.24. The summed E-state index contributed by atoms with van der Waals surface area (Å²) in [5.41, 5.74) is 5.92. The van der Waals surface area contributed by atoms with Gasteiger partial charge >= 0.3 is 0 Å². The van der Waals surface area contributed by atoms with Crippen LogP contribution in [-0.4, -0.2) is 55.8 Å². The van der Waals surface area contributed by atoms with Gasteiger partial charge in [-0.15, -0.1) is 0 Å². The summed E-state index contributed by atoms with van der Waals surface area (Å²) >= 11 is 6.46. The molecule has 0 spiro atoms. The van der Waals surface area contributed by atoms with Crippen LogP contribution in [0.2, 0.25) is 5.02 Å². The zero-order valence-corrected chi connectivity index (χ0v) is 23.2. The summed E-state index contributed by atoms with van der Waals surface area (Å²) in [4.78, 5) is 28.1. The van der Waals surface area contributed by atoms with Crippen molar-refractivity contribution in [2.45, 2.75) is 6.54 Å².